The van der Waals surface area contributed by atoms with Gasteiger partial charge in [0.2, 0.25) is 0 Å². The number of benzene rings is 8. The fourth-order valence-corrected chi connectivity index (χ4v) is 9.76. The summed E-state index contributed by atoms with van der Waals surface area (Å²) in [7, 11) is 0. The molecule has 0 atom stereocenters. The first-order valence-corrected chi connectivity index (χ1v) is 24.6. The molecule has 0 aliphatic heterocycles. The van der Waals surface area contributed by atoms with Crippen LogP contribution >= 0.6 is 0 Å². The highest BCUT2D eigenvalue weighted by Crippen LogP contribution is 2.43. The van der Waals surface area contributed by atoms with E-state index >= 15 is 0 Å². The number of anilines is 4. The molecule has 0 heterocycles. The molecular formula is C63H50N4O8. The van der Waals surface area contributed by atoms with E-state index in [9.17, 15) is 38.4 Å². The second-order valence-corrected chi connectivity index (χ2v) is 18.1. The van der Waals surface area contributed by atoms with Gasteiger partial charge in [0.15, 0.2) is 46.3 Å². The van der Waals surface area contributed by atoms with Crippen molar-refractivity contribution in [2.45, 2.75) is 40.5 Å². The monoisotopic (exact) mass is 990 g/mol. The molecule has 6 N–H and O–H groups in total. The third-order valence-electron chi connectivity index (χ3n) is 13.0. The van der Waals surface area contributed by atoms with Crippen LogP contribution in [0.5, 0.6) is 0 Å². The number of fused-ring (bicyclic) bond motifs is 8. The summed E-state index contributed by atoms with van der Waals surface area (Å²) < 4.78 is 0. The lowest BCUT2D eigenvalue weighted by molar-refractivity contribution is 0.0978. The number of nitrogens with two attached hydrogens (primary N) is 2. The van der Waals surface area contributed by atoms with Crippen LogP contribution in [-0.2, 0) is 0 Å². The SMILES string of the molecule is CCC.CCC.Nc1ccc(-c2ccc(N)c3c2C(=O)c2ccccc2C3=O)c2c1C(=O)c1ccccc1C2=O.O=C1c2ccccc2C(=O)c2c(NCNc3cccc4c3C(=O)c3ccccc3C4=O)cccc21. The van der Waals surface area contributed by atoms with Crippen LogP contribution in [0.15, 0.2) is 158 Å². The average molecular weight is 991 g/mol. The molecule has 75 heavy (non-hydrogen) atoms. The van der Waals surface area contributed by atoms with E-state index in [-0.39, 0.29) is 109 Å². The first kappa shape index (κ1) is 50.3. The Morgan fingerprint density at radius 2 is 0.507 bits per heavy atom. The fourth-order valence-electron chi connectivity index (χ4n) is 9.76. The molecule has 0 radical (unpaired) electrons. The summed E-state index contributed by atoms with van der Waals surface area (Å²) in [4.78, 5) is 106. The number of ketones is 8. The molecule has 0 amide bonds. The molecule has 0 bridgehead atoms. The Labute approximate surface area is 432 Å². The molecule has 12 rings (SSSR count). The Bertz CT molecular complexity index is 3530. The van der Waals surface area contributed by atoms with E-state index in [2.05, 4.69) is 38.3 Å². The highest BCUT2D eigenvalue weighted by molar-refractivity contribution is 6.35. The van der Waals surface area contributed by atoms with E-state index < -0.39 is 0 Å². The van der Waals surface area contributed by atoms with Crippen LogP contribution in [-0.4, -0.2) is 52.9 Å². The largest absolute Gasteiger partial charge is 0.398 e. The smallest absolute Gasteiger partial charge is 0.196 e. The molecular weight excluding hydrogens is 941 g/mol. The third kappa shape index (κ3) is 8.61. The summed E-state index contributed by atoms with van der Waals surface area (Å²) in [6, 6.07) is 43.2. The van der Waals surface area contributed by atoms with Crippen molar-refractivity contribution in [2.24, 2.45) is 0 Å². The van der Waals surface area contributed by atoms with Gasteiger partial charge in [-0.25, -0.2) is 0 Å². The average Bonchev–Trinajstić information content (AvgIpc) is 3.44. The van der Waals surface area contributed by atoms with Crippen LogP contribution in [0.25, 0.3) is 11.1 Å². The van der Waals surface area contributed by atoms with Gasteiger partial charge < -0.3 is 22.1 Å². The predicted molar refractivity (Wildman–Crippen MR) is 291 cm³/mol. The molecule has 370 valence electrons. The molecule has 8 aromatic rings. The summed E-state index contributed by atoms with van der Waals surface area (Å²) in [6.07, 6.45) is 2.50. The lowest BCUT2D eigenvalue weighted by Crippen LogP contribution is -2.25. The van der Waals surface area contributed by atoms with Crippen LogP contribution in [0, 0.1) is 0 Å². The minimum atomic E-state index is -0.368. The zero-order valence-electron chi connectivity index (χ0n) is 41.6. The van der Waals surface area contributed by atoms with E-state index in [1.54, 1.807) is 158 Å². The molecule has 8 aromatic carbocycles. The molecule has 0 unspecified atom stereocenters. The topological polar surface area (TPSA) is 213 Å². The molecule has 0 saturated carbocycles. The summed E-state index contributed by atoms with van der Waals surface area (Å²) in [5, 5.41) is 6.35. The highest BCUT2D eigenvalue weighted by Gasteiger charge is 2.38. The number of hydrogen-bond donors (Lipinski definition) is 4. The highest BCUT2D eigenvalue weighted by atomic mass is 16.2. The van der Waals surface area contributed by atoms with E-state index in [1.165, 1.54) is 12.8 Å². The number of carbonyl (C=O) groups is 8. The van der Waals surface area contributed by atoms with Crippen LogP contribution in [0.1, 0.15) is 168 Å². The molecule has 0 spiro atoms. The maximum absolute atomic E-state index is 13.6. The van der Waals surface area contributed by atoms with Gasteiger partial charge in [0.1, 0.15) is 0 Å². The maximum atomic E-state index is 13.6. The second kappa shape index (κ2) is 20.8. The van der Waals surface area contributed by atoms with E-state index in [0.29, 0.717) is 67.0 Å². The normalized spacial score (nSPS) is 13.0. The molecule has 0 saturated heterocycles. The van der Waals surface area contributed by atoms with Gasteiger partial charge in [-0.1, -0.05) is 174 Å². The first-order chi connectivity index (χ1) is 36.3. The zero-order valence-corrected chi connectivity index (χ0v) is 41.6. The second-order valence-electron chi connectivity index (χ2n) is 18.1. The third-order valence-corrected chi connectivity index (χ3v) is 13.0. The number of carbonyl (C=O) groups excluding carboxylic acids is 8. The van der Waals surface area contributed by atoms with Gasteiger partial charge >= 0.3 is 0 Å². The molecule has 12 nitrogen and oxygen atoms in total. The minimum absolute atomic E-state index is 0.0989. The van der Waals surface area contributed by atoms with Crippen molar-refractivity contribution < 1.29 is 38.4 Å². The maximum Gasteiger partial charge on any atom is 0.196 e. The Morgan fingerprint density at radius 3 is 0.800 bits per heavy atom. The molecule has 4 aliphatic carbocycles. The van der Waals surface area contributed by atoms with Crippen LogP contribution in [0.4, 0.5) is 22.7 Å². The van der Waals surface area contributed by atoms with Gasteiger partial charge in [0.05, 0.1) is 28.9 Å². The van der Waals surface area contributed by atoms with Crippen molar-refractivity contribution in [1.29, 1.82) is 0 Å². The van der Waals surface area contributed by atoms with Crippen LogP contribution in [0.2, 0.25) is 0 Å². The minimum Gasteiger partial charge on any atom is -0.398 e. The van der Waals surface area contributed by atoms with Crippen molar-refractivity contribution in [3.05, 3.63) is 247 Å². The Balaban J connectivity index is 0.000000167. The van der Waals surface area contributed by atoms with E-state index in [1.807, 2.05) is 0 Å². The van der Waals surface area contributed by atoms with Gasteiger partial charge in [0.25, 0.3) is 0 Å². The number of rotatable bonds is 5. The first-order valence-electron chi connectivity index (χ1n) is 24.6. The Kier molecular flexibility index (Phi) is 13.9. The van der Waals surface area contributed by atoms with E-state index in [4.69, 9.17) is 11.5 Å². The molecule has 0 fully saturated rings. The lowest BCUT2D eigenvalue weighted by atomic mass is 9.76. The Morgan fingerprint density at radius 1 is 0.267 bits per heavy atom. The standard InChI is InChI=1S/C29H18N2O4.C28H16N2O4.2C3H8/c32-26-16-7-1-3-9-18(16)28(34)24-20(26)11-5-13-22(24)30-15-31-23-14-6-12-21-25(23)29(35)19-10-4-2-8-17(19)27(21)33;29-19-11-9-13(21-23(19)27(33)17-7-3-1-5-15(17)25(21)31)14-10-12-20(30)24-22(14)26(32)16-6-2-4-8-18(16)28(24)34;2*1-3-2/h1-14,30-31H,15H2;1-12H,29-30H2;2*3H2,1-2H3. The van der Waals surface area contributed by atoms with Gasteiger partial charge in [-0.3, -0.25) is 38.4 Å². The quantitative estimate of drug-likeness (QED) is 0.0937. The lowest BCUT2D eigenvalue weighted by Gasteiger charge is -2.25. The van der Waals surface area contributed by atoms with Crippen LogP contribution < -0.4 is 22.1 Å². The van der Waals surface area contributed by atoms with Gasteiger partial charge in [-0.2, -0.15) is 0 Å². The predicted octanol–water partition coefficient (Wildman–Crippen LogP) is 11.6. The van der Waals surface area contributed by atoms with Gasteiger partial charge in [-0.05, 0) is 35.4 Å². The Hall–Kier alpha value is -9.68. The molecule has 0 aromatic heterocycles. The van der Waals surface area contributed by atoms with Gasteiger partial charge in [0, 0.05) is 89.5 Å². The number of hydrogen-bond acceptors (Lipinski definition) is 12. The van der Waals surface area contributed by atoms with Crippen molar-refractivity contribution in [3.63, 3.8) is 0 Å². The number of nitrogen functional groups attached to an aromatic ring is 2. The summed E-state index contributed by atoms with van der Waals surface area (Å²) >= 11 is 0. The summed E-state index contributed by atoms with van der Waals surface area (Å²) in [5.74, 6) is -2.26. The molecule has 12 heteroatoms. The van der Waals surface area contributed by atoms with Gasteiger partial charge in [-0.15, -0.1) is 0 Å². The zero-order chi connectivity index (χ0) is 53.2. The summed E-state index contributed by atoms with van der Waals surface area (Å²) in [5.41, 5.74) is 18.9. The number of nitrogens with one attached hydrogen (secondary N) is 2. The van der Waals surface area contributed by atoms with Crippen molar-refractivity contribution in [1.82, 2.24) is 0 Å². The van der Waals surface area contributed by atoms with Crippen molar-refractivity contribution in [3.8, 4) is 11.1 Å². The van der Waals surface area contributed by atoms with Crippen LogP contribution in [0.3, 0.4) is 0 Å². The summed E-state index contributed by atoms with van der Waals surface area (Å²) in [6.45, 7) is 8.67. The molecule has 4 aliphatic rings. The van der Waals surface area contributed by atoms with E-state index in [0.717, 1.165) is 0 Å². The van der Waals surface area contributed by atoms with Crippen molar-refractivity contribution >= 4 is 69.0 Å². The fraction of sp³-hybridized carbons (Fsp3) is 0.111. The van der Waals surface area contributed by atoms with Crippen molar-refractivity contribution in [2.75, 3.05) is 28.8 Å².